The van der Waals surface area contributed by atoms with Crippen molar-refractivity contribution in [3.8, 4) is 0 Å². The van der Waals surface area contributed by atoms with Crippen LogP contribution in [-0.4, -0.2) is 35.4 Å². The van der Waals surface area contributed by atoms with Crippen molar-refractivity contribution in [3.05, 3.63) is 33.7 Å². The Hall–Kier alpha value is -1.63. The Morgan fingerprint density at radius 3 is 2.42 bits per heavy atom. The molecule has 0 aromatic carbocycles. The maximum Gasteiger partial charge on any atom is 0.416 e. The highest BCUT2D eigenvalue weighted by molar-refractivity contribution is 5.56. The van der Waals surface area contributed by atoms with Crippen molar-refractivity contribution in [2.45, 2.75) is 45.3 Å². The molecule has 1 atom stereocenters. The molecule has 1 unspecified atom stereocenters. The summed E-state index contributed by atoms with van der Waals surface area (Å²) in [7, 11) is 0. The number of hydrogen-bond acceptors (Lipinski definition) is 3. The third-order valence-electron chi connectivity index (χ3n) is 4.34. The molecule has 1 fully saturated rings. The maximum atomic E-state index is 13.2. The number of nitrogens with zero attached hydrogens (tertiary/aromatic N) is 2. The zero-order valence-corrected chi connectivity index (χ0v) is 14.0. The van der Waals surface area contributed by atoms with E-state index < -0.39 is 23.3 Å². The van der Waals surface area contributed by atoms with Gasteiger partial charge in [-0.15, -0.1) is 0 Å². The van der Waals surface area contributed by atoms with Crippen molar-refractivity contribution >= 4 is 6.29 Å². The summed E-state index contributed by atoms with van der Waals surface area (Å²) in [5.74, 6) is 0.152. The van der Waals surface area contributed by atoms with Crippen LogP contribution in [0, 0.1) is 5.92 Å². The van der Waals surface area contributed by atoms with E-state index in [9.17, 15) is 22.8 Å². The Morgan fingerprint density at radius 2 is 1.96 bits per heavy atom. The number of hydrogen-bond donors (Lipinski definition) is 0. The predicted molar refractivity (Wildman–Crippen MR) is 85.0 cm³/mol. The number of halogens is 3. The average Bonchev–Trinajstić information content (AvgIpc) is 2.43. The molecule has 0 radical (unpaired) electrons. The molecule has 1 aromatic rings. The molecule has 0 amide bonds. The van der Waals surface area contributed by atoms with E-state index >= 15 is 0 Å². The Kier molecular flexibility index (Phi) is 5.85. The first-order valence-electron chi connectivity index (χ1n) is 8.22. The molecule has 1 saturated heterocycles. The molecular formula is C17H23F3N2O2. The average molecular weight is 344 g/mol. The van der Waals surface area contributed by atoms with Gasteiger partial charge in [0.1, 0.15) is 6.29 Å². The van der Waals surface area contributed by atoms with Crippen molar-refractivity contribution < 1.29 is 18.0 Å². The van der Waals surface area contributed by atoms with Gasteiger partial charge in [-0.25, -0.2) is 0 Å². The lowest BCUT2D eigenvalue weighted by Gasteiger charge is -2.31. The molecule has 1 aromatic heterocycles. The van der Waals surface area contributed by atoms with Gasteiger partial charge >= 0.3 is 6.18 Å². The van der Waals surface area contributed by atoms with Gasteiger partial charge in [0.25, 0.3) is 5.56 Å². The minimum Gasteiger partial charge on any atom is -0.305 e. The van der Waals surface area contributed by atoms with Gasteiger partial charge in [0.2, 0.25) is 0 Å². The van der Waals surface area contributed by atoms with E-state index in [1.165, 1.54) is 6.20 Å². The molecule has 0 N–H and O–H groups in total. The number of pyridine rings is 1. The second-order valence-corrected chi connectivity index (χ2v) is 6.73. The quantitative estimate of drug-likeness (QED) is 0.714. The Labute approximate surface area is 139 Å². The molecule has 4 nitrogen and oxygen atoms in total. The molecule has 2 rings (SSSR count). The minimum absolute atomic E-state index is 0.0737. The molecule has 2 heterocycles. The lowest BCUT2D eigenvalue weighted by atomic mass is 10.0. The number of aldehydes is 1. The van der Waals surface area contributed by atoms with E-state index in [1.807, 2.05) is 13.8 Å². The molecule has 24 heavy (non-hydrogen) atoms. The number of alkyl halides is 3. The molecule has 0 bridgehead atoms. The zero-order chi connectivity index (χ0) is 17.9. The number of carbonyl (C=O) groups excluding carboxylic acids is 1. The van der Waals surface area contributed by atoms with E-state index in [0.717, 1.165) is 24.1 Å². The van der Waals surface area contributed by atoms with Gasteiger partial charge in [-0.2, -0.15) is 13.2 Å². The van der Waals surface area contributed by atoms with Gasteiger partial charge in [-0.1, -0.05) is 13.8 Å². The molecule has 0 saturated carbocycles. The van der Waals surface area contributed by atoms with E-state index in [-0.39, 0.29) is 17.9 Å². The number of aromatic nitrogens is 1. The summed E-state index contributed by atoms with van der Waals surface area (Å²) < 4.78 is 40.9. The van der Waals surface area contributed by atoms with Gasteiger partial charge in [0.05, 0.1) is 11.6 Å². The second kappa shape index (κ2) is 7.51. The molecule has 7 heteroatoms. The van der Waals surface area contributed by atoms with Crippen LogP contribution < -0.4 is 5.56 Å². The van der Waals surface area contributed by atoms with Crippen LogP contribution in [-0.2, 0) is 17.4 Å². The van der Waals surface area contributed by atoms with Gasteiger partial charge in [0.15, 0.2) is 0 Å². The van der Waals surface area contributed by atoms with Gasteiger partial charge in [0, 0.05) is 18.8 Å². The van der Waals surface area contributed by atoms with Gasteiger partial charge in [-0.3, -0.25) is 4.79 Å². The summed E-state index contributed by atoms with van der Waals surface area (Å²) in [4.78, 5) is 25.5. The van der Waals surface area contributed by atoms with Crippen LogP contribution >= 0.6 is 0 Å². The summed E-state index contributed by atoms with van der Waals surface area (Å²) in [5, 5.41) is 0. The van der Waals surface area contributed by atoms with Crippen LogP contribution in [0.15, 0.2) is 17.1 Å². The van der Waals surface area contributed by atoms with Crippen LogP contribution in [0.1, 0.15) is 43.9 Å². The zero-order valence-electron chi connectivity index (χ0n) is 14.0. The summed E-state index contributed by atoms with van der Waals surface area (Å²) >= 11 is 0. The highest BCUT2D eigenvalue weighted by Gasteiger charge is 2.35. The van der Waals surface area contributed by atoms with Crippen molar-refractivity contribution in [1.82, 2.24) is 9.47 Å². The Morgan fingerprint density at radius 1 is 1.29 bits per heavy atom. The summed E-state index contributed by atoms with van der Waals surface area (Å²) in [6.45, 7) is 6.11. The largest absolute Gasteiger partial charge is 0.416 e. The molecule has 1 aliphatic rings. The van der Waals surface area contributed by atoms with E-state index in [1.54, 1.807) is 0 Å². The number of likely N-dealkylation sites (tertiary alicyclic amines) is 1. The van der Waals surface area contributed by atoms with Crippen LogP contribution in [0.25, 0.3) is 0 Å². The lowest BCUT2D eigenvalue weighted by Crippen LogP contribution is -2.39. The first-order valence-corrected chi connectivity index (χ1v) is 8.22. The number of rotatable bonds is 7. The molecular weight excluding hydrogens is 321 g/mol. The SMILES string of the molecule is CC(C)CC(C=O)n1cc(CCN2CCC2)c(C(F)(F)F)cc1=O. The number of carbonyl (C=O) groups is 1. The highest BCUT2D eigenvalue weighted by atomic mass is 19.4. The third-order valence-corrected chi connectivity index (χ3v) is 4.34. The first kappa shape index (κ1) is 18.7. The van der Waals surface area contributed by atoms with E-state index in [4.69, 9.17) is 0 Å². The fourth-order valence-electron chi connectivity index (χ4n) is 2.92. The summed E-state index contributed by atoms with van der Waals surface area (Å²) in [6.07, 6.45) is -1.02. The smallest absolute Gasteiger partial charge is 0.305 e. The van der Waals surface area contributed by atoms with Crippen LogP contribution in [0.3, 0.4) is 0 Å². The molecule has 134 valence electrons. The van der Waals surface area contributed by atoms with Crippen molar-refractivity contribution in [2.75, 3.05) is 19.6 Å². The van der Waals surface area contributed by atoms with Gasteiger partial charge < -0.3 is 14.3 Å². The standard InChI is InChI=1S/C17H23F3N2O2/c1-12(2)8-14(11-23)22-10-13(4-7-21-5-3-6-21)15(9-16(22)24)17(18,19)20/h9-12,14H,3-8H2,1-2H3. The fraction of sp³-hybridized carbons (Fsp3) is 0.647. The molecule has 0 aliphatic carbocycles. The molecule has 1 aliphatic heterocycles. The monoisotopic (exact) mass is 344 g/mol. The van der Waals surface area contributed by atoms with Crippen molar-refractivity contribution in [1.29, 1.82) is 0 Å². The van der Waals surface area contributed by atoms with Crippen LogP contribution in [0.5, 0.6) is 0 Å². The van der Waals surface area contributed by atoms with Crippen LogP contribution in [0.2, 0.25) is 0 Å². The van der Waals surface area contributed by atoms with Gasteiger partial charge in [-0.05, 0) is 43.8 Å². The minimum atomic E-state index is -4.57. The van der Waals surface area contributed by atoms with Crippen molar-refractivity contribution in [3.63, 3.8) is 0 Å². The normalized spacial score (nSPS) is 16.9. The fourth-order valence-corrected chi connectivity index (χ4v) is 2.92. The van der Waals surface area contributed by atoms with Crippen molar-refractivity contribution in [2.24, 2.45) is 5.92 Å². The Bertz CT molecular complexity index is 634. The van der Waals surface area contributed by atoms with Crippen LogP contribution in [0.4, 0.5) is 13.2 Å². The third kappa shape index (κ3) is 4.47. The topological polar surface area (TPSA) is 42.3 Å². The summed E-state index contributed by atoms with van der Waals surface area (Å²) in [5.41, 5.74) is -1.60. The van der Waals surface area contributed by atoms with E-state index in [2.05, 4.69) is 4.90 Å². The summed E-state index contributed by atoms with van der Waals surface area (Å²) in [6, 6.07) is -0.107. The highest BCUT2D eigenvalue weighted by Crippen LogP contribution is 2.32. The van der Waals surface area contributed by atoms with E-state index in [0.29, 0.717) is 25.3 Å². The first-order chi connectivity index (χ1) is 11.2. The Balaban J connectivity index is 2.37. The maximum absolute atomic E-state index is 13.2. The second-order valence-electron chi connectivity index (χ2n) is 6.73. The predicted octanol–water partition coefficient (Wildman–Crippen LogP) is 2.90. The molecule has 0 spiro atoms. The lowest BCUT2D eigenvalue weighted by molar-refractivity contribution is -0.138.